The minimum Gasteiger partial charge on any atom is -0.489 e. The smallest absolute Gasteiger partial charge is 0.454 e. The van der Waals surface area contributed by atoms with Crippen LogP contribution in [0, 0.1) is 5.92 Å². The number of Topliss-reactive ketones (excluding diaryl/α,β-unsaturated/α-hetero) is 1. The first-order valence-electron chi connectivity index (χ1n) is 14.3. The van der Waals surface area contributed by atoms with Crippen molar-refractivity contribution in [2.24, 2.45) is 5.92 Å². The lowest BCUT2D eigenvalue weighted by atomic mass is 9.87. The highest BCUT2D eigenvalue weighted by molar-refractivity contribution is 6.05. The third-order valence-electron chi connectivity index (χ3n) is 7.35. The molecule has 0 aliphatic carbocycles. The molecule has 236 valence electrons. The number of benzene rings is 3. The largest absolute Gasteiger partial charge is 0.489 e. The van der Waals surface area contributed by atoms with E-state index >= 15 is 0 Å². The predicted octanol–water partition coefficient (Wildman–Crippen LogP) is 5.49. The summed E-state index contributed by atoms with van der Waals surface area (Å²) < 4.78 is 49.6. The van der Waals surface area contributed by atoms with Gasteiger partial charge in [0.05, 0.1) is 5.70 Å². The number of hydrogen-bond acceptors (Lipinski definition) is 5. The Kier molecular flexibility index (Phi) is 9.80. The van der Waals surface area contributed by atoms with Gasteiger partial charge in [0.15, 0.2) is 5.66 Å². The van der Waals surface area contributed by atoms with E-state index < -0.39 is 53.7 Å². The van der Waals surface area contributed by atoms with E-state index in [1.165, 1.54) is 37.4 Å². The molecule has 0 fully saturated rings. The highest BCUT2D eigenvalue weighted by Crippen LogP contribution is 2.40. The van der Waals surface area contributed by atoms with E-state index in [4.69, 9.17) is 4.74 Å². The van der Waals surface area contributed by atoms with Gasteiger partial charge in [-0.3, -0.25) is 24.1 Å². The van der Waals surface area contributed by atoms with E-state index in [2.05, 4.69) is 5.32 Å². The molecule has 0 spiro atoms. The molecule has 45 heavy (non-hydrogen) atoms. The van der Waals surface area contributed by atoms with Crippen molar-refractivity contribution in [2.45, 2.75) is 58.6 Å². The Morgan fingerprint density at radius 3 is 2.02 bits per heavy atom. The molecule has 1 aliphatic rings. The number of ether oxygens (including phenoxy) is 1. The lowest BCUT2D eigenvalue weighted by Crippen LogP contribution is -2.73. The Hall–Kier alpha value is -4.93. The quantitative estimate of drug-likeness (QED) is 0.323. The zero-order valence-corrected chi connectivity index (χ0v) is 25.3. The normalized spacial score (nSPS) is 16.6. The van der Waals surface area contributed by atoms with E-state index in [-0.39, 0.29) is 23.4 Å². The van der Waals surface area contributed by atoms with Gasteiger partial charge >= 0.3 is 6.18 Å². The summed E-state index contributed by atoms with van der Waals surface area (Å²) in [5, 5.41) is 2.23. The van der Waals surface area contributed by atoms with Crippen molar-refractivity contribution < 1.29 is 37.1 Å². The maximum atomic E-state index is 14.6. The molecular formula is C34H34F3N3O5. The number of nitrogens with one attached hydrogen (secondary N) is 1. The first-order valence-corrected chi connectivity index (χ1v) is 14.3. The van der Waals surface area contributed by atoms with E-state index in [1.807, 2.05) is 30.3 Å². The number of ketones is 1. The molecule has 11 heteroatoms. The minimum atomic E-state index is -5.46. The number of rotatable bonds is 10. The topological polar surface area (TPSA) is 96.0 Å². The van der Waals surface area contributed by atoms with Crippen molar-refractivity contribution in [1.82, 2.24) is 15.1 Å². The Labute approximate surface area is 259 Å². The lowest BCUT2D eigenvalue weighted by molar-refractivity contribution is -0.187. The molecule has 1 N–H and O–H groups in total. The summed E-state index contributed by atoms with van der Waals surface area (Å²) >= 11 is 0. The number of alkyl halides is 3. The summed E-state index contributed by atoms with van der Waals surface area (Å²) in [6, 6.07) is 22.0. The lowest BCUT2D eigenvalue weighted by Gasteiger charge is -2.49. The van der Waals surface area contributed by atoms with Crippen molar-refractivity contribution in [1.29, 1.82) is 0 Å². The number of carbonyl (C=O) groups excluding carboxylic acids is 4. The standard InChI is InChI=1S/C34H34F3N3O5/c1-22(2)30-31(43)40(33(38-23(3)41,32(44)34(35,36)37)19-25-12-7-5-8-13-25)29(20-39(30)24(4)42)27-16-11-17-28(18-27)45-21-26-14-9-6-10-15-26/h5-18,20,22,30H,19,21H2,1-4H3,(H,38,41)/t30-,33?/m1/s1. The van der Waals surface area contributed by atoms with E-state index in [0.29, 0.717) is 10.6 Å². The molecular weight excluding hydrogens is 587 g/mol. The second kappa shape index (κ2) is 13.4. The van der Waals surface area contributed by atoms with Crippen molar-refractivity contribution in [2.75, 3.05) is 0 Å². The highest BCUT2D eigenvalue weighted by atomic mass is 19.4. The maximum absolute atomic E-state index is 14.6. The van der Waals surface area contributed by atoms with Gasteiger partial charge in [-0.05, 0) is 29.2 Å². The molecule has 0 bridgehead atoms. The van der Waals surface area contributed by atoms with Gasteiger partial charge in [-0.15, -0.1) is 0 Å². The fraction of sp³-hybridized carbons (Fsp3) is 0.294. The monoisotopic (exact) mass is 621 g/mol. The van der Waals surface area contributed by atoms with Crippen LogP contribution in [0.3, 0.4) is 0 Å². The first-order chi connectivity index (χ1) is 21.2. The van der Waals surface area contributed by atoms with E-state index in [0.717, 1.165) is 17.4 Å². The number of nitrogens with zero attached hydrogens (tertiary/aromatic N) is 2. The van der Waals surface area contributed by atoms with Crippen LogP contribution >= 0.6 is 0 Å². The van der Waals surface area contributed by atoms with Crippen LogP contribution in [0.1, 0.15) is 44.4 Å². The van der Waals surface area contributed by atoms with Gasteiger partial charge in [0, 0.05) is 32.0 Å². The Morgan fingerprint density at radius 2 is 1.49 bits per heavy atom. The van der Waals surface area contributed by atoms with Crippen LogP contribution in [-0.4, -0.2) is 51.2 Å². The van der Waals surface area contributed by atoms with Gasteiger partial charge < -0.3 is 15.0 Å². The summed E-state index contributed by atoms with van der Waals surface area (Å²) in [6.07, 6.45) is -4.91. The SMILES string of the molecule is CC(=O)NC(Cc1ccccc1)(C(=O)C(F)(F)F)N1C(=O)[C@@H](C(C)C)N(C(C)=O)C=C1c1cccc(OCc2ccccc2)c1. The summed E-state index contributed by atoms with van der Waals surface area (Å²) in [5.74, 6) is -5.06. The van der Waals surface area contributed by atoms with Crippen LogP contribution in [-0.2, 0) is 32.2 Å². The molecule has 3 aromatic rings. The fourth-order valence-corrected chi connectivity index (χ4v) is 5.45. The molecule has 2 atom stereocenters. The van der Waals surface area contributed by atoms with Crippen molar-refractivity contribution >= 4 is 29.2 Å². The zero-order chi connectivity index (χ0) is 32.9. The number of hydrogen-bond donors (Lipinski definition) is 1. The minimum absolute atomic E-state index is 0.178. The van der Waals surface area contributed by atoms with Gasteiger partial charge in [0.1, 0.15) is 18.4 Å². The molecule has 3 amide bonds. The number of amides is 3. The third kappa shape index (κ3) is 7.25. The summed E-state index contributed by atoms with van der Waals surface area (Å²) in [6.45, 7) is 5.66. The van der Waals surface area contributed by atoms with Crippen LogP contribution in [0.15, 0.2) is 91.1 Å². The molecule has 4 rings (SSSR count). The van der Waals surface area contributed by atoms with Gasteiger partial charge in [-0.25, -0.2) is 0 Å². The van der Waals surface area contributed by atoms with Gasteiger partial charge in [0.2, 0.25) is 11.8 Å². The van der Waals surface area contributed by atoms with Gasteiger partial charge in [-0.2, -0.15) is 13.2 Å². The van der Waals surface area contributed by atoms with Gasteiger partial charge in [0.25, 0.3) is 11.7 Å². The van der Waals surface area contributed by atoms with Crippen molar-refractivity contribution in [3.8, 4) is 5.75 Å². The molecule has 3 aromatic carbocycles. The zero-order valence-electron chi connectivity index (χ0n) is 25.3. The molecule has 1 unspecified atom stereocenters. The number of halogens is 3. The van der Waals surface area contributed by atoms with Crippen LogP contribution in [0.2, 0.25) is 0 Å². The van der Waals surface area contributed by atoms with Crippen LogP contribution in [0.25, 0.3) is 5.70 Å². The molecule has 0 saturated carbocycles. The molecule has 0 aromatic heterocycles. The summed E-state index contributed by atoms with van der Waals surface area (Å²) in [4.78, 5) is 55.5. The fourth-order valence-electron chi connectivity index (χ4n) is 5.45. The van der Waals surface area contributed by atoms with Crippen LogP contribution in [0.4, 0.5) is 13.2 Å². The highest BCUT2D eigenvalue weighted by Gasteiger charge is 2.61. The average Bonchev–Trinajstić information content (AvgIpc) is 2.99. The Morgan fingerprint density at radius 1 is 0.889 bits per heavy atom. The maximum Gasteiger partial charge on any atom is 0.454 e. The molecule has 1 heterocycles. The molecule has 0 saturated heterocycles. The van der Waals surface area contributed by atoms with E-state index in [1.54, 1.807) is 44.2 Å². The summed E-state index contributed by atoms with van der Waals surface area (Å²) in [5.41, 5.74) is -1.83. The first kappa shape index (κ1) is 33.0. The second-order valence-electron chi connectivity index (χ2n) is 11.1. The average molecular weight is 622 g/mol. The van der Waals surface area contributed by atoms with E-state index in [9.17, 15) is 32.3 Å². The molecule has 1 aliphatic heterocycles. The predicted molar refractivity (Wildman–Crippen MR) is 161 cm³/mol. The summed E-state index contributed by atoms with van der Waals surface area (Å²) in [7, 11) is 0. The van der Waals surface area contributed by atoms with Crippen LogP contribution in [0.5, 0.6) is 5.75 Å². The Bertz CT molecular complexity index is 1590. The molecule has 0 radical (unpaired) electrons. The van der Waals surface area contributed by atoms with Crippen LogP contribution < -0.4 is 10.1 Å². The van der Waals surface area contributed by atoms with Crippen molar-refractivity contribution in [3.05, 3.63) is 108 Å². The number of carbonyl (C=O) groups is 4. The molecule has 8 nitrogen and oxygen atoms in total. The Balaban J connectivity index is 1.98. The third-order valence-corrected chi connectivity index (χ3v) is 7.35. The second-order valence-corrected chi connectivity index (χ2v) is 11.1. The van der Waals surface area contributed by atoms with Gasteiger partial charge in [-0.1, -0.05) is 86.6 Å². The van der Waals surface area contributed by atoms with Crippen molar-refractivity contribution in [3.63, 3.8) is 0 Å².